The standard InChI is InChI=1S/C28H59NO4/c1-4-7-10-13-15-18-21-32-25-27(30)23-29(20-17-12-9-6-3)24-28(31)26-33-22-19-16-14-11-8-5-2/h27-28,30-31H,4-26H2,1-3H3. The van der Waals surface area contributed by atoms with E-state index >= 15 is 0 Å². The molecule has 2 unspecified atom stereocenters. The van der Waals surface area contributed by atoms with Crippen LogP contribution in [-0.2, 0) is 9.47 Å². The van der Waals surface area contributed by atoms with Gasteiger partial charge in [-0.3, -0.25) is 4.90 Å². The predicted molar refractivity (Wildman–Crippen MR) is 141 cm³/mol. The molecular weight excluding hydrogens is 414 g/mol. The summed E-state index contributed by atoms with van der Waals surface area (Å²) in [6, 6.07) is 0. The molecule has 0 saturated heterocycles. The molecule has 0 radical (unpaired) electrons. The highest BCUT2D eigenvalue weighted by atomic mass is 16.5. The van der Waals surface area contributed by atoms with Crippen molar-refractivity contribution in [3.05, 3.63) is 0 Å². The van der Waals surface area contributed by atoms with Gasteiger partial charge >= 0.3 is 0 Å². The first-order valence-corrected chi connectivity index (χ1v) is 14.4. The Morgan fingerprint density at radius 2 is 0.879 bits per heavy atom. The maximum absolute atomic E-state index is 10.5. The minimum absolute atomic E-state index is 0.380. The number of aliphatic hydroxyl groups is 2. The zero-order chi connectivity index (χ0) is 24.4. The van der Waals surface area contributed by atoms with Crippen LogP contribution in [0.25, 0.3) is 0 Å². The van der Waals surface area contributed by atoms with Gasteiger partial charge in [-0.05, 0) is 25.8 Å². The number of ether oxygens (including phenoxy) is 2. The van der Waals surface area contributed by atoms with Crippen LogP contribution < -0.4 is 0 Å². The molecule has 0 spiro atoms. The van der Waals surface area contributed by atoms with Crippen molar-refractivity contribution in [3.63, 3.8) is 0 Å². The highest BCUT2D eigenvalue weighted by Gasteiger charge is 2.16. The van der Waals surface area contributed by atoms with Gasteiger partial charge in [0.2, 0.25) is 0 Å². The van der Waals surface area contributed by atoms with E-state index in [0.717, 1.165) is 39.0 Å². The second-order valence-corrected chi connectivity index (χ2v) is 9.81. The molecule has 5 nitrogen and oxygen atoms in total. The van der Waals surface area contributed by atoms with Crippen molar-refractivity contribution in [2.24, 2.45) is 0 Å². The third-order valence-corrected chi connectivity index (χ3v) is 6.17. The summed E-state index contributed by atoms with van der Waals surface area (Å²) >= 11 is 0. The Kier molecular flexibility index (Phi) is 26.2. The molecule has 200 valence electrons. The van der Waals surface area contributed by atoms with Crippen LogP contribution in [0.3, 0.4) is 0 Å². The molecule has 0 fully saturated rings. The van der Waals surface area contributed by atoms with E-state index in [4.69, 9.17) is 9.47 Å². The number of rotatable bonds is 27. The minimum Gasteiger partial charge on any atom is -0.389 e. The molecule has 0 bridgehead atoms. The van der Waals surface area contributed by atoms with E-state index in [1.54, 1.807) is 0 Å². The van der Waals surface area contributed by atoms with Crippen molar-refractivity contribution in [2.75, 3.05) is 46.1 Å². The number of aliphatic hydroxyl groups excluding tert-OH is 2. The first-order chi connectivity index (χ1) is 16.1. The predicted octanol–water partition coefficient (Wildman–Crippen LogP) is 6.34. The quantitative estimate of drug-likeness (QED) is 0.136. The lowest BCUT2D eigenvalue weighted by molar-refractivity contribution is -0.0113. The van der Waals surface area contributed by atoms with Crippen molar-refractivity contribution >= 4 is 0 Å². The fraction of sp³-hybridized carbons (Fsp3) is 1.00. The zero-order valence-electron chi connectivity index (χ0n) is 22.6. The Morgan fingerprint density at radius 1 is 0.515 bits per heavy atom. The van der Waals surface area contributed by atoms with Crippen molar-refractivity contribution in [1.29, 1.82) is 0 Å². The first kappa shape index (κ1) is 32.8. The molecule has 0 amide bonds. The minimum atomic E-state index is -0.507. The molecule has 33 heavy (non-hydrogen) atoms. The number of hydrogen-bond donors (Lipinski definition) is 2. The molecular formula is C28H59NO4. The van der Waals surface area contributed by atoms with E-state index in [9.17, 15) is 10.2 Å². The van der Waals surface area contributed by atoms with Crippen LogP contribution in [0.1, 0.15) is 124 Å². The van der Waals surface area contributed by atoms with Gasteiger partial charge in [-0.2, -0.15) is 0 Å². The molecule has 2 atom stereocenters. The van der Waals surface area contributed by atoms with E-state index in [2.05, 4.69) is 25.7 Å². The molecule has 0 aliphatic heterocycles. The number of nitrogens with zero attached hydrogens (tertiary/aromatic N) is 1. The van der Waals surface area contributed by atoms with Gasteiger partial charge in [-0.15, -0.1) is 0 Å². The fourth-order valence-corrected chi connectivity index (χ4v) is 4.13. The third-order valence-electron chi connectivity index (χ3n) is 6.17. The molecule has 0 aliphatic carbocycles. The van der Waals surface area contributed by atoms with Gasteiger partial charge in [-0.1, -0.05) is 104 Å². The first-order valence-electron chi connectivity index (χ1n) is 14.4. The van der Waals surface area contributed by atoms with Gasteiger partial charge in [0.25, 0.3) is 0 Å². The monoisotopic (exact) mass is 473 g/mol. The molecule has 0 rings (SSSR count). The lowest BCUT2D eigenvalue weighted by Gasteiger charge is -2.27. The summed E-state index contributed by atoms with van der Waals surface area (Å²) < 4.78 is 11.4. The van der Waals surface area contributed by atoms with Gasteiger partial charge in [-0.25, -0.2) is 0 Å². The van der Waals surface area contributed by atoms with Crippen LogP contribution in [0.5, 0.6) is 0 Å². The Hall–Kier alpha value is -0.200. The van der Waals surface area contributed by atoms with E-state index in [-0.39, 0.29) is 0 Å². The Balaban J connectivity index is 4.04. The summed E-state index contributed by atoms with van der Waals surface area (Å²) in [6.07, 6.45) is 18.7. The molecule has 2 N–H and O–H groups in total. The largest absolute Gasteiger partial charge is 0.389 e. The van der Waals surface area contributed by atoms with Crippen LogP contribution in [0.2, 0.25) is 0 Å². The summed E-state index contributed by atoms with van der Waals surface area (Å²) in [5.41, 5.74) is 0. The average molecular weight is 474 g/mol. The molecule has 0 aromatic heterocycles. The Bertz CT molecular complexity index is 342. The summed E-state index contributed by atoms with van der Waals surface area (Å²) in [5.74, 6) is 0. The van der Waals surface area contributed by atoms with Crippen LogP contribution in [0.15, 0.2) is 0 Å². The van der Waals surface area contributed by atoms with Crippen LogP contribution in [0.4, 0.5) is 0 Å². The Labute approximate surface area is 206 Å². The van der Waals surface area contributed by atoms with E-state index < -0.39 is 12.2 Å². The normalized spacial score (nSPS) is 13.6. The van der Waals surface area contributed by atoms with E-state index in [1.165, 1.54) is 83.5 Å². The smallest absolute Gasteiger partial charge is 0.0900 e. The SMILES string of the molecule is CCCCCCCCOCC(O)CN(CCCCCC)CC(O)COCCCCCCCC. The van der Waals surface area contributed by atoms with Crippen LogP contribution >= 0.6 is 0 Å². The summed E-state index contributed by atoms with van der Waals surface area (Å²) in [7, 11) is 0. The molecule has 0 heterocycles. The fourth-order valence-electron chi connectivity index (χ4n) is 4.13. The molecule has 5 heteroatoms. The van der Waals surface area contributed by atoms with Crippen LogP contribution in [0, 0.1) is 0 Å². The Morgan fingerprint density at radius 3 is 1.30 bits per heavy atom. The molecule has 0 aliphatic rings. The van der Waals surface area contributed by atoms with Gasteiger partial charge in [0, 0.05) is 26.3 Å². The maximum atomic E-state index is 10.5. The van der Waals surface area contributed by atoms with Crippen molar-refractivity contribution in [3.8, 4) is 0 Å². The number of hydrogen-bond acceptors (Lipinski definition) is 5. The second kappa shape index (κ2) is 26.4. The second-order valence-electron chi connectivity index (χ2n) is 9.81. The van der Waals surface area contributed by atoms with Crippen molar-refractivity contribution in [2.45, 2.75) is 136 Å². The van der Waals surface area contributed by atoms with E-state index in [0.29, 0.717) is 26.3 Å². The van der Waals surface area contributed by atoms with Gasteiger partial charge in [0.15, 0.2) is 0 Å². The lowest BCUT2D eigenvalue weighted by Crippen LogP contribution is -2.41. The van der Waals surface area contributed by atoms with Gasteiger partial charge < -0.3 is 19.7 Å². The van der Waals surface area contributed by atoms with Gasteiger partial charge in [0.05, 0.1) is 25.4 Å². The van der Waals surface area contributed by atoms with Crippen LogP contribution in [-0.4, -0.2) is 73.4 Å². The van der Waals surface area contributed by atoms with Crippen molar-refractivity contribution < 1.29 is 19.7 Å². The third kappa shape index (κ3) is 24.7. The highest BCUT2D eigenvalue weighted by Crippen LogP contribution is 2.08. The maximum Gasteiger partial charge on any atom is 0.0900 e. The number of unbranched alkanes of at least 4 members (excludes halogenated alkanes) is 13. The molecule has 0 saturated carbocycles. The zero-order valence-corrected chi connectivity index (χ0v) is 22.6. The highest BCUT2D eigenvalue weighted by molar-refractivity contribution is 4.69. The summed E-state index contributed by atoms with van der Waals surface area (Å²) in [6.45, 7) is 10.9. The van der Waals surface area contributed by atoms with Gasteiger partial charge in [0.1, 0.15) is 0 Å². The topological polar surface area (TPSA) is 62.2 Å². The van der Waals surface area contributed by atoms with E-state index in [1.807, 2.05) is 0 Å². The lowest BCUT2D eigenvalue weighted by atomic mass is 10.1. The summed E-state index contributed by atoms with van der Waals surface area (Å²) in [4.78, 5) is 2.19. The summed E-state index contributed by atoms with van der Waals surface area (Å²) in [5, 5.41) is 20.9. The molecule has 0 aromatic rings. The molecule has 0 aromatic carbocycles. The average Bonchev–Trinajstić information content (AvgIpc) is 2.80. The van der Waals surface area contributed by atoms with Crippen molar-refractivity contribution in [1.82, 2.24) is 4.90 Å².